The fourth-order valence-electron chi connectivity index (χ4n) is 3.27. The summed E-state index contributed by atoms with van der Waals surface area (Å²) in [5.74, 6) is 0.677. The van der Waals surface area contributed by atoms with Crippen LogP contribution in [0.15, 0.2) is 22.7 Å². The van der Waals surface area contributed by atoms with E-state index in [4.69, 9.17) is 5.41 Å². The van der Waals surface area contributed by atoms with Gasteiger partial charge in [0.1, 0.15) is 11.5 Å². The minimum Gasteiger partial charge on any atom is -0.379 e. The van der Waals surface area contributed by atoms with Gasteiger partial charge in [0.05, 0.1) is 17.1 Å². The molecule has 2 rings (SSSR count). The molecule has 1 aliphatic heterocycles. The molecule has 0 aliphatic carbocycles. The van der Waals surface area contributed by atoms with Crippen molar-refractivity contribution in [2.24, 2.45) is 4.99 Å². The molecule has 1 fully saturated rings. The van der Waals surface area contributed by atoms with Crippen LogP contribution in [-0.2, 0) is 4.79 Å². The molecular weight excluding hydrogens is 352 g/mol. The zero-order valence-corrected chi connectivity index (χ0v) is 17.8. The maximum absolute atomic E-state index is 12.4. The molecule has 1 aliphatic rings. The lowest BCUT2D eigenvalue weighted by atomic mass is 10.1. The normalized spacial score (nSPS) is 17.7. The van der Waals surface area contributed by atoms with Gasteiger partial charge in [-0.1, -0.05) is 6.08 Å². The first-order valence-corrected chi connectivity index (χ1v) is 9.78. The molecule has 0 bridgehead atoms. The molecule has 3 N–H and O–H groups in total. The van der Waals surface area contributed by atoms with Crippen molar-refractivity contribution in [3.63, 3.8) is 0 Å². The van der Waals surface area contributed by atoms with Crippen molar-refractivity contribution in [3.8, 4) is 0 Å². The van der Waals surface area contributed by atoms with Gasteiger partial charge >= 0.3 is 0 Å². The van der Waals surface area contributed by atoms with E-state index in [-0.39, 0.29) is 18.0 Å². The first-order chi connectivity index (χ1) is 13.3. The topological polar surface area (TPSA) is 93.5 Å². The molecule has 1 aromatic rings. The number of hydrogen-bond donors (Lipinski definition) is 3. The van der Waals surface area contributed by atoms with Crippen molar-refractivity contribution in [1.82, 2.24) is 4.98 Å². The van der Waals surface area contributed by atoms with E-state index in [1.54, 1.807) is 18.9 Å². The van der Waals surface area contributed by atoms with Crippen molar-refractivity contribution in [2.75, 3.05) is 29.1 Å². The number of carbonyl (C=O) groups excluding carboxylic acids is 1. The second kappa shape index (κ2) is 9.48. The average Bonchev–Trinajstić information content (AvgIpc) is 2.97. The summed E-state index contributed by atoms with van der Waals surface area (Å²) in [6, 6.07) is 2.19. The summed E-state index contributed by atoms with van der Waals surface area (Å²) in [6.45, 7) is 10.4. The van der Waals surface area contributed by atoms with Crippen molar-refractivity contribution >= 4 is 35.0 Å². The third kappa shape index (κ3) is 4.97. The number of pyridine rings is 1. The third-order valence-electron chi connectivity index (χ3n) is 4.68. The number of hydrogen-bond acceptors (Lipinski definition) is 6. The Bertz CT molecular complexity index is 796. The van der Waals surface area contributed by atoms with E-state index in [0.29, 0.717) is 30.2 Å². The van der Waals surface area contributed by atoms with Crippen LogP contribution in [0.3, 0.4) is 0 Å². The van der Waals surface area contributed by atoms with Crippen molar-refractivity contribution in [3.05, 3.63) is 23.4 Å². The van der Waals surface area contributed by atoms with Crippen LogP contribution in [0, 0.1) is 5.41 Å². The molecule has 1 unspecified atom stereocenters. The lowest BCUT2D eigenvalue weighted by Gasteiger charge is -2.25. The second-order valence-corrected chi connectivity index (χ2v) is 7.43. The van der Waals surface area contributed by atoms with Gasteiger partial charge in [-0.15, -0.1) is 0 Å². The molecule has 2 heterocycles. The smallest absolute Gasteiger partial charge is 0.228 e. The molecule has 0 aromatic carbocycles. The van der Waals surface area contributed by atoms with Gasteiger partial charge in [-0.05, 0) is 46.6 Å². The first-order valence-electron chi connectivity index (χ1n) is 9.78. The molecule has 28 heavy (non-hydrogen) atoms. The van der Waals surface area contributed by atoms with E-state index in [0.717, 1.165) is 23.4 Å². The lowest BCUT2D eigenvalue weighted by Crippen LogP contribution is -2.32. The van der Waals surface area contributed by atoms with Crippen LogP contribution < -0.4 is 15.5 Å². The van der Waals surface area contributed by atoms with Gasteiger partial charge < -0.3 is 16.0 Å². The van der Waals surface area contributed by atoms with Crippen LogP contribution in [0.2, 0.25) is 0 Å². The summed E-state index contributed by atoms with van der Waals surface area (Å²) < 4.78 is 0. The van der Waals surface area contributed by atoms with Crippen molar-refractivity contribution in [1.29, 1.82) is 5.41 Å². The molecule has 7 nitrogen and oxygen atoms in total. The molecule has 7 heteroatoms. The van der Waals surface area contributed by atoms with Gasteiger partial charge in [0, 0.05) is 44.4 Å². The number of nitrogens with one attached hydrogen (secondary N) is 3. The van der Waals surface area contributed by atoms with Gasteiger partial charge in [0.2, 0.25) is 5.91 Å². The average molecular weight is 385 g/mol. The highest BCUT2D eigenvalue weighted by Gasteiger charge is 2.31. The van der Waals surface area contributed by atoms with Crippen LogP contribution in [0.1, 0.15) is 53.2 Å². The van der Waals surface area contributed by atoms with E-state index in [9.17, 15) is 4.79 Å². The van der Waals surface area contributed by atoms with Crippen LogP contribution >= 0.6 is 0 Å². The van der Waals surface area contributed by atoms with Gasteiger partial charge in [0.25, 0.3) is 0 Å². The Morgan fingerprint density at radius 1 is 1.50 bits per heavy atom. The number of aromatic nitrogens is 1. The first kappa shape index (κ1) is 21.6. The third-order valence-corrected chi connectivity index (χ3v) is 4.68. The predicted molar refractivity (Wildman–Crippen MR) is 118 cm³/mol. The molecule has 152 valence electrons. The van der Waals surface area contributed by atoms with E-state index in [2.05, 4.69) is 20.6 Å². The van der Waals surface area contributed by atoms with E-state index in [1.807, 2.05) is 46.1 Å². The van der Waals surface area contributed by atoms with Gasteiger partial charge in [-0.25, -0.2) is 4.98 Å². The Kier molecular flexibility index (Phi) is 7.31. The van der Waals surface area contributed by atoms with Crippen LogP contribution in [0.25, 0.3) is 0 Å². The number of allylic oxidation sites excluding steroid dienone is 1. The second-order valence-electron chi connectivity index (χ2n) is 7.43. The highest BCUT2D eigenvalue weighted by molar-refractivity contribution is 6.04. The molecular formula is C21H32N6O. The lowest BCUT2D eigenvalue weighted by molar-refractivity contribution is -0.117. The van der Waals surface area contributed by atoms with Crippen LogP contribution in [0.5, 0.6) is 0 Å². The Morgan fingerprint density at radius 3 is 2.71 bits per heavy atom. The van der Waals surface area contributed by atoms with Crippen molar-refractivity contribution < 1.29 is 4.79 Å². The molecule has 0 spiro atoms. The van der Waals surface area contributed by atoms with Gasteiger partial charge in [-0.3, -0.25) is 14.7 Å². The highest BCUT2D eigenvalue weighted by Crippen LogP contribution is 2.34. The number of nitrogens with zero attached hydrogens (tertiary/aromatic N) is 3. The standard InChI is InChI=1S/C21H32N6O/c1-7-16(11-23-6)12-24-17-10-18(27-14(4)8-9-19(27)28)26-20(15(5)22)21(17)25-13(2)3/h7,10-11,13-14,22,25H,8-9,12H2,1-6H3,(H,24,26)/b16-7+,22-15?,23-11?. The largest absolute Gasteiger partial charge is 0.379 e. The summed E-state index contributed by atoms with van der Waals surface area (Å²) >= 11 is 0. The van der Waals surface area contributed by atoms with E-state index < -0.39 is 0 Å². The summed E-state index contributed by atoms with van der Waals surface area (Å²) in [7, 11) is 1.75. The monoisotopic (exact) mass is 384 g/mol. The minimum atomic E-state index is 0.0800. The minimum absolute atomic E-state index is 0.0800. The Labute approximate surface area is 167 Å². The SMILES string of the molecule is C/C=C(\C=NC)CNc1cc(N2C(=O)CCC2C)nc(C(C)=N)c1NC(C)C. The number of aliphatic imine (C=N–C) groups is 1. The summed E-state index contributed by atoms with van der Waals surface area (Å²) in [5.41, 5.74) is 3.58. The summed E-state index contributed by atoms with van der Waals surface area (Å²) in [4.78, 5) is 22.9. The number of anilines is 3. The Morgan fingerprint density at radius 2 is 2.21 bits per heavy atom. The van der Waals surface area contributed by atoms with Gasteiger partial charge in [0.15, 0.2) is 0 Å². The predicted octanol–water partition coefficient (Wildman–Crippen LogP) is 3.86. The number of amides is 1. The zero-order valence-electron chi connectivity index (χ0n) is 17.8. The Balaban J connectivity index is 2.53. The molecule has 0 saturated carbocycles. The highest BCUT2D eigenvalue weighted by atomic mass is 16.2. The van der Waals surface area contributed by atoms with E-state index >= 15 is 0 Å². The quantitative estimate of drug-likeness (QED) is 0.593. The molecule has 1 aromatic heterocycles. The fraction of sp³-hybridized carbons (Fsp3) is 0.524. The molecule has 1 atom stereocenters. The van der Waals surface area contributed by atoms with Crippen LogP contribution in [0.4, 0.5) is 17.2 Å². The van der Waals surface area contributed by atoms with Gasteiger partial charge in [-0.2, -0.15) is 0 Å². The molecule has 0 radical (unpaired) electrons. The Hall–Kier alpha value is -2.70. The maximum Gasteiger partial charge on any atom is 0.228 e. The van der Waals surface area contributed by atoms with E-state index in [1.165, 1.54) is 0 Å². The summed E-state index contributed by atoms with van der Waals surface area (Å²) in [6.07, 6.45) is 5.18. The molecule has 1 saturated heterocycles. The molecule has 1 amide bonds. The van der Waals surface area contributed by atoms with Crippen molar-refractivity contribution in [2.45, 2.75) is 59.5 Å². The fourth-order valence-corrected chi connectivity index (χ4v) is 3.27. The van der Waals surface area contributed by atoms with Crippen LogP contribution in [-0.4, -0.2) is 48.5 Å². The zero-order chi connectivity index (χ0) is 20.8. The summed E-state index contributed by atoms with van der Waals surface area (Å²) in [5, 5.41) is 15.1. The maximum atomic E-state index is 12.4. The number of carbonyl (C=O) groups is 1. The number of rotatable bonds is 8.